The maximum atomic E-state index is 13.3. The van der Waals surface area contributed by atoms with Crippen molar-refractivity contribution < 1.29 is 23.4 Å². The van der Waals surface area contributed by atoms with Crippen LogP contribution < -0.4 is 0 Å². The summed E-state index contributed by atoms with van der Waals surface area (Å²) in [5.41, 5.74) is 2.02. The number of hydrogen-bond donors (Lipinski definition) is 1. The van der Waals surface area contributed by atoms with Crippen molar-refractivity contribution in [2.45, 2.75) is 18.2 Å². The first-order valence-corrected chi connectivity index (χ1v) is 10.6. The first-order chi connectivity index (χ1) is 15.2. The monoisotopic (exact) mass is 477 g/mol. The molecule has 4 rings (SSSR count). The smallest absolute Gasteiger partial charge is 0.312 e. The molecule has 1 aliphatic heterocycles. The van der Waals surface area contributed by atoms with Crippen molar-refractivity contribution in [3.05, 3.63) is 105 Å². The number of aliphatic hydroxyl groups is 1. The third-order valence-electron chi connectivity index (χ3n) is 5.21. The number of hydrogen-bond acceptors (Lipinski definition) is 4. The third kappa shape index (κ3) is 5.27. The van der Waals surface area contributed by atoms with Crippen LogP contribution in [-0.2, 0) is 16.0 Å². The molecule has 32 heavy (non-hydrogen) atoms. The van der Waals surface area contributed by atoms with E-state index in [9.17, 15) is 18.7 Å². The Bertz CT molecular complexity index is 1050. The van der Waals surface area contributed by atoms with E-state index < -0.39 is 23.4 Å². The molecule has 0 radical (unpaired) electrons. The number of nitrogens with zero attached hydrogens (tertiary/aromatic N) is 1. The zero-order valence-corrected chi connectivity index (χ0v) is 18.3. The van der Waals surface area contributed by atoms with E-state index in [1.165, 1.54) is 0 Å². The van der Waals surface area contributed by atoms with Gasteiger partial charge in [0, 0.05) is 16.1 Å². The lowest BCUT2D eigenvalue weighted by Crippen LogP contribution is -2.64. The molecule has 3 aromatic carbocycles. The summed E-state index contributed by atoms with van der Waals surface area (Å²) in [6.45, 7) is 0.123. The zero-order chi connectivity index (χ0) is 22.9. The minimum absolute atomic E-state index is 0.0617. The average Bonchev–Trinajstić information content (AvgIpc) is 2.68. The van der Waals surface area contributed by atoms with Crippen molar-refractivity contribution in [2.24, 2.45) is 0 Å². The van der Waals surface area contributed by atoms with Crippen LogP contribution in [0.5, 0.6) is 0 Å². The average molecular weight is 478 g/mol. The van der Waals surface area contributed by atoms with Crippen molar-refractivity contribution in [1.82, 2.24) is 4.90 Å². The molecule has 0 aromatic heterocycles. The molecule has 1 fully saturated rings. The van der Waals surface area contributed by atoms with Crippen LogP contribution in [0.25, 0.3) is 0 Å². The van der Waals surface area contributed by atoms with Crippen LogP contribution in [0.2, 0.25) is 10.0 Å². The zero-order valence-electron chi connectivity index (χ0n) is 16.8. The molecule has 166 valence electrons. The Morgan fingerprint density at radius 1 is 0.938 bits per heavy atom. The number of ether oxygens (including phenoxy) is 1. The Labute approximate surface area is 193 Å². The quantitative estimate of drug-likeness (QED) is 0.393. The normalized spacial score (nSPS) is 15.4. The highest BCUT2D eigenvalue weighted by molar-refractivity contribution is 6.30. The van der Waals surface area contributed by atoms with Crippen molar-refractivity contribution in [1.29, 1.82) is 0 Å². The van der Waals surface area contributed by atoms with Crippen LogP contribution in [0.1, 0.15) is 22.7 Å². The predicted octanol–water partition coefficient (Wildman–Crippen LogP) is 5.15. The molecule has 4 nitrogen and oxygen atoms in total. The van der Waals surface area contributed by atoms with Gasteiger partial charge in [0.05, 0.1) is 25.6 Å². The number of carbonyl (C=O) groups excluding carboxylic acids is 1. The van der Waals surface area contributed by atoms with Crippen molar-refractivity contribution in [3.63, 3.8) is 0 Å². The van der Waals surface area contributed by atoms with Crippen molar-refractivity contribution in [2.75, 3.05) is 13.1 Å². The number of β-amino-alcohol motifs (C(OH)–C–C–N with tert-alkyl or cyclic N) is 1. The van der Waals surface area contributed by atoms with Gasteiger partial charge in [0.1, 0.15) is 11.6 Å². The SMILES string of the molecule is O=C(Cc1cc(F)cc(F)c1)OC1(O)CN(C(c2ccc(Cl)cc2)c2ccc(Cl)cc2)C1. The van der Waals surface area contributed by atoms with Gasteiger partial charge in [-0.3, -0.25) is 9.69 Å². The molecule has 0 saturated carbocycles. The molecule has 1 saturated heterocycles. The van der Waals surface area contributed by atoms with Gasteiger partial charge in [-0.25, -0.2) is 8.78 Å². The molecule has 0 spiro atoms. The van der Waals surface area contributed by atoms with Crippen LogP contribution >= 0.6 is 23.2 Å². The van der Waals surface area contributed by atoms with E-state index >= 15 is 0 Å². The highest BCUT2D eigenvalue weighted by Gasteiger charge is 2.48. The maximum Gasteiger partial charge on any atom is 0.312 e. The van der Waals surface area contributed by atoms with Crippen LogP contribution in [0.15, 0.2) is 66.7 Å². The highest BCUT2D eigenvalue weighted by atomic mass is 35.5. The number of halogens is 4. The number of esters is 1. The van der Waals surface area contributed by atoms with E-state index in [4.69, 9.17) is 27.9 Å². The number of benzene rings is 3. The second-order valence-corrected chi connectivity index (χ2v) is 8.66. The Hall–Kier alpha value is -2.51. The molecule has 0 amide bonds. The van der Waals surface area contributed by atoms with E-state index in [2.05, 4.69) is 0 Å². The summed E-state index contributed by atoms with van der Waals surface area (Å²) < 4.78 is 31.9. The van der Waals surface area contributed by atoms with Crippen molar-refractivity contribution >= 4 is 29.2 Å². The minimum atomic E-state index is -1.69. The summed E-state index contributed by atoms with van der Waals surface area (Å²) in [7, 11) is 0. The topological polar surface area (TPSA) is 49.8 Å². The molecule has 0 bridgehead atoms. The molecular formula is C24H19Cl2F2NO3. The fraction of sp³-hybridized carbons (Fsp3) is 0.208. The number of rotatable bonds is 6. The largest absolute Gasteiger partial charge is 0.430 e. The van der Waals surface area contributed by atoms with Gasteiger partial charge in [-0.1, -0.05) is 47.5 Å². The Morgan fingerprint density at radius 2 is 1.41 bits per heavy atom. The van der Waals surface area contributed by atoms with E-state index in [1.807, 2.05) is 29.2 Å². The summed E-state index contributed by atoms with van der Waals surface area (Å²) in [6, 6.07) is 17.3. The van der Waals surface area contributed by atoms with E-state index in [0.29, 0.717) is 10.0 Å². The molecule has 3 aromatic rings. The van der Waals surface area contributed by atoms with E-state index in [0.717, 1.165) is 29.3 Å². The second-order valence-electron chi connectivity index (χ2n) is 7.79. The van der Waals surface area contributed by atoms with Gasteiger partial charge in [-0.05, 0) is 53.1 Å². The van der Waals surface area contributed by atoms with Gasteiger partial charge < -0.3 is 9.84 Å². The summed E-state index contributed by atoms with van der Waals surface area (Å²) >= 11 is 12.0. The summed E-state index contributed by atoms with van der Waals surface area (Å²) in [5.74, 6) is -4.03. The van der Waals surface area contributed by atoms with Gasteiger partial charge in [0.2, 0.25) is 5.79 Å². The molecule has 0 unspecified atom stereocenters. The lowest BCUT2D eigenvalue weighted by atomic mass is 9.92. The van der Waals surface area contributed by atoms with Gasteiger partial charge in [-0.15, -0.1) is 0 Å². The van der Waals surface area contributed by atoms with Gasteiger partial charge in [-0.2, -0.15) is 0 Å². The Morgan fingerprint density at radius 3 is 1.88 bits per heavy atom. The van der Waals surface area contributed by atoms with E-state index in [1.54, 1.807) is 24.3 Å². The summed E-state index contributed by atoms with van der Waals surface area (Å²) in [5, 5.41) is 11.9. The Balaban J connectivity index is 1.47. The fourth-order valence-corrected chi connectivity index (χ4v) is 4.12. The lowest BCUT2D eigenvalue weighted by Gasteiger charge is -2.49. The number of carbonyl (C=O) groups is 1. The molecule has 0 atom stereocenters. The summed E-state index contributed by atoms with van der Waals surface area (Å²) in [4.78, 5) is 14.2. The highest BCUT2D eigenvalue weighted by Crippen LogP contribution is 2.37. The van der Waals surface area contributed by atoms with Crippen molar-refractivity contribution in [3.8, 4) is 0 Å². The van der Waals surface area contributed by atoms with Gasteiger partial charge in [0.25, 0.3) is 0 Å². The number of likely N-dealkylation sites (tertiary alicyclic amines) is 1. The lowest BCUT2D eigenvalue weighted by molar-refractivity contribution is -0.265. The molecular weight excluding hydrogens is 459 g/mol. The minimum Gasteiger partial charge on any atom is -0.430 e. The van der Waals surface area contributed by atoms with Gasteiger partial charge in [0.15, 0.2) is 0 Å². The Kier molecular flexibility index (Phi) is 6.49. The molecule has 1 aliphatic rings. The van der Waals surface area contributed by atoms with Gasteiger partial charge >= 0.3 is 5.97 Å². The molecule has 0 aliphatic carbocycles. The van der Waals surface area contributed by atoms with Crippen LogP contribution in [0.3, 0.4) is 0 Å². The first-order valence-electron chi connectivity index (χ1n) is 9.85. The van der Waals surface area contributed by atoms with Crippen LogP contribution in [0.4, 0.5) is 8.78 Å². The first kappa shape index (κ1) is 22.7. The maximum absolute atomic E-state index is 13.3. The molecule has 1 heterocycles. The molecule has 8 heteroatoms. The second kappa shape index (κ2) is 9.16. The standard InChI is InChI=1S/C24H19Cl2F2NO3/c25-18-5-1-16(2-6-18)23(17-3-7-19(26)8-4-17)29-13-24(31,14-29)32-22(30)11-15-9-20(27)12-21(28)10-15/h1-10,12,23,31H,11,13-14H2. The summed E-state index contributed by atoms with van der Waals surface area (Å²) in [6.07, 6.45) is -0.352. The predicted molar refractivity (Wildman–Crippen MR) is 117 cm³/mol. The third-order valence-corrected chi connectivity index (χ3v) is 5.72. The van der Waals surface area contributed by atoms with Crippen LogP contribution in [-0.4, -0.2) is 34.9 Å². The fourth-order valence-electron chi connectivity index (χ4n) is 3.87. The van der Waals surface area contributed by atoms with E-state index in [-0.39, 0.29) is 31.1 Å². The molecule has 1 N–H and O–H groups in total. The van der Waals surface area contributed by atoms with Crippen LogP contribution in [0, 0.1) is 11.6 Å².